The van der Waals surface area contributed by atoms with Crippen LogP contribution in [0.25, 0.3) is 0 Å². The summed E-state index contributed by atoms with van der Waals surface area (Å²) in [6.45, 7) is 1.31. The van der Waals surface area contributed by atoms with E-state index in [0.29, 0.717) is 6.54 Å². The maximum atomic E-state index is 13.8. The van der Waals surface area contributed by atoms with E-state index >= 15 is 0 Å². The predicted octanol–water partition coefficient (Wildman–Crippen LogP) is 1.15. The van der Waals surface area contributed by atoms with Gasteiger partial charge in [0.2, 0.25) is 0 Å². The lowest BCUT2D eigenvalue weighted by molar-refractivity contribution is -0.0313. The molecule has 3 heterocycles. The highest BCUT2D eigenvalue weighted by molar-refractivity contribution is 5.94. The summed E-state index contributed by atoms with van der Waals surface area (Å²) < 4.78 is 19.7. The molecule has 2 saturated heterocycles. The Morgan fingerprint density at radius 2 is 2.33 bits per heavy atom. The molecule has 2 fully saturated rings. The molecule has 0 saturated carbocycles. The number of halogens is 1. The molecule has 0 N–H and O–H groups in total. The molecule has 21 heavy (non-hydrogen) atoms. The molecule has 1 aromatic rings. The summed E-state index contributed by atoms with van der Waals surface area (Å²) in [6, 6.07) is 1.63. The highest BCUT2D eigenvalue weighted by Gasteiger charge is 2.47. The smallest absolute Gasteiger partial charge is 0.257 e. The van der Waals surface area contributed by atoms with Crippen LogP contribution in [0.15, 0.2) is 18.5 Å². The summed E-state index contributed by atoms with van der Waals surface area (Å²) in [5.74, 6) is -0.830. The van der Waals surface area contributed by atoms with E-state index in [4.69, 9.17) is 4.74 Å². The van der Waals surface area contributed by atoms with E-state index in [1.54, 1.807) is 4.90 Å². The molecule has 3 atom stereocenters. The molecule has 0 aliphatic carbocycles. The first-order valence-corrected chi connectivity index (χ1v) is 7.28. The number of aromatic nitrogens is 1. The lowest BCUT2D eigenvalue weighted by atomic mass is 10.0. The minimum Gasteiger partial charge on any atom is -0.374 e. The standard InChI is InChI=1S/C15H20FN3O2/c1-18(2)13-9-19(12-4-3-7-21-14(12)13)15(20)10-5-6-17-8-11(10)16/h5-6,8,12-14H,3-4,7,9H2,1-2H3/t12-,13-,14+/m1/s1. The molecule has 1 amide bonds. The van der Waals surface area contributed by atoms with Gasteiger partial charge in [0, 0.05) is 19.3 Å². The number of hydrogen-bond donors (Lipinski definition) is 0. The summed E-state index contributed by atoms with van der Waals surface area (Å²) in [5.41, 5.74) is 0.0914. The van der Waals surface area contributed by atoms with Crippen LogP contribution in [0, 0.1) is 5.82 Å². The second kappa shape index (κ2) is 5.69. The maximum Gasteiger partial charge on any atom is 0.257 e. The van der Waals surface area contributed by atoms with E-state index < -0.39 is 5.82 Å². The van der Waals surface area contributed by atoms with Crippen LogP contribution in [0.5, 0.6) is 0 Å². The zero-order valence-electron chi connectivity index (χ0n) is 12.3. The van der Waals surface area contributed by atoms with Gasteiger partial charge < -0.3 is 14.5 Å². The van der Waals surface area contributed by atoms with Crippen LogP contribution in [-0.4, -0.2) is 66.1 Å². The average Bonchev–Trinajstić information content (AvgIpc) is 2.87. The van der Waals surface area contributed by atoms with E-state index in [0.717, 1.165) is 25.6 Å². The largest absolute Gasteiger partial charge is 0.374 e. The van der Waals surface area contributed by atoms with Crippen LogP contribution in [0.2, 0.25) is 0 Å². The summed E-state index contributed by atoms with van der Waals surface area (Å²) in [6.07, 6.45) is 4.39. The van der Waals surface area contributed by atoms with Crippen LogP contribution in [0.4, 0.5) is 4.39 Å². The number of likely N-dealkylation sites (tertiary alicyclic amines) is 1. The highest BCUT2D eigenvalue weighted by Crippen LogP contribution is 2.32. The van der Waals surface area contributed by atoms with E-state index in [1.807, 2.05) is 14.1 Å². The third kappa shape index (κ3) is 2.53. The molecule has 0 unspecified atom stereocenters. The van der Waals surface area contributed by atoms with Crippen molar-refractivity contribution in [2.75, 3.05) is 27.2 Å². The number of nitrogens with zero attached hydrogens (tertiary/aromatic N) is 3. The van der Waals surface area contributed by atoms with Crippen molar-refractivity contribution in [1.82, 2.24) is 14.8 Å². The molecule has 1 aromatic heterocycles. The Kier molecular flexibility index (Phi) is 3.91. The number of carbonyl (C=O) groups is 1. The van der Waals surface area contributed by atoms with Crippen molar-refractivity contribution >= 4 is 5.91 Å². The molecule has 2 aliphatic heterocycles. The fourth-order valence-electron chi connectivity index (χ4n) is 3.32. The van der Waals surface area contributed by atoms with Crippen molar-refractivity contribution in [2.24, 2.45) is 0 Å². The Bertz CT molecular complexity index is 537. The Morgan fingerprint density at radius 1 is 1.52 bits per heavy atom. The summed E-state index contributed by atoms with van der Waals surface area (Å²) in [5, 5.41) is 0. The van der Waals surface area contributed by atoms with Gasteiger partial charge in [-0.25, -0.2) is 4.39 Å². The SMILES string of the molecule is CN(C)[C@@H]1CN(C(=O)c2ccncc2F)[C@@H]2CCCO[C@H]12. The number of rotatable bonds is 2. The molecule has 0 bridgehead atoms. The van der Waals surface area contributed by atoms with Gasteiger partial charge >= 0.3 is 0 Å². The number of amides is 1. The zero-order chi connectivity index (χ0) is 15.0. The maximum absolute atomic E-state index is 13.8. The van der Waals surface area contributed by atoms with Crippen molar-refractivity contribution in [3.8, 4) is 0 Å². The van der Waals surface area contributed by atoms with Crippen molar-refractivity contribution < 1.29 is 13.9 Å². The van der Waals surface area contributed by atoms with Gasteiger partial charge in [0.25, 0.3) is 5.91 Å². The topological polar surface area (TPSA) is 45.7 Å². The molecule has 2 aliphatic rings. The number of likely N-dealkylation sites (N-methyl/N-ethyl adjacent to an activating group) is 1. The Balaban J connectivity index is 1.88. The van der Waals surface area contributed by atoms with Gasteiger partial charge in [0.15, 0.2) is 5.82 Å². The van der Waals surface area contributed by atoms with Gasteiger partial charge in [-0.2, -0.15) is 0 Å². The molecular weight excluding hydrogens is 273 g/mol. The van der Waals surface area contributed by atoms with Crippen LogP contribution >= 0.6 is 0 Å². The number of fused-ring (bicyclic) bond motifs is 1. The number of carbonyl (C=O) groups excluding carboxylic acids is 1. The Morgan fingerprint density at radius 3 is 3.05 bits per heavy atom. The van der Waals surface area contributed by atoms with Crippen LogP contribution < -0.4 is 0 Å². The minimum atomic E-state index is -0.566. The van der Waals surface area contributed by atoms with Crippen LogP contribution in [-0.2, 0) is 4.74 Å². The zero-order valence-corrected chi connectivity index (χ0v) is 12.3. The molecule has 5 nitrogen and oxygen atoms in total. The fourth-order valence-corrected chi connectivity index (χ4v) is 3.32. The Labute approximate surface area is 123 Å². The van der Waals surface area contributed by atoms with Crippen molar-refractivity contribution in [1.29, 1.82) is 0 Å². The first-order valence-electron chi connectivity index (χ1n) is 7.28. The van der Waals surface area contributed by atoms with Crippen molar-refractivity contribution in [2.45, 2.75) is 31.0 Å². The molecule has 114 valence electrons. The van der Waals surface area contributed by atoms with Gasteiger partial charge in [-0.3, -0.25) is 9.78 Å². The van der Waals surface area contributed by atoms with E-state index in [9.17, 15) is 9.18 Å². The average molecular weight is 293 g/mol. The molecule has 0 aromatic carbocycles. The van der Waals surface area contributed by atoms with Gasteiger partial charge in [0.1, 0.15) is 0 Å². The van der Waals surface area contributed by atoms with E-state index in [2.05, 4.69) is 9.88 Å². The van der Waals surface area contributed by atoms with Crippen LogP contribution in [0.3, 0.4) is 0 Å². The van der Waals surface area contributed by atoms with Gasteiger partial charge in [0.05, 0.1) is 29.9 Å². The van der Waals surface area contributed by atoms with E-state index in [1.165, 1.54) is 12.3 Å². The minimum absolute atomic E-state index is 0.0163. The quantitative estimate of drug-likeness (QED) is 0.821. The highest BCUT2D eigenvalue weighted by atomic mass is 19.1. The number of pyridine rings is 1. The first kappa shape index (κ1) is 14.4. The first-order chi connectivity index (χ1) is 10.1. The molecule has 3 rings (SSSR count). The molecule has 6 heteroatoms. The lowest BCUT2D eigenvalue weighted by Crippen LogP contribution is -2.46. The van der Waals surface area contributed by atoms with Gasteiger partial charge in [-0.1, -0.05) is 0 Å². The Hall–Kier alpha value is -1.53. The summed E-state index contributed by atoms with van der Waals surface area (Å²) in [4.78, 5) is 20.2. The molecular formula is C15H20FN3O2. The third-order valence-electron chi connectivity index (χ3n) is 4.42. The van der Waals surface area contributed by atoms with Gasteiger partial charge in [-0.05, 0) is 33.0 Å². The van der Waals surface area contributed by atoms with Gasteiger partial charge in [-0.15, -0.1) is 0 Å². The fraction of sp³-hybridized carbons (Fsp3) is 0.600. The normalized spacial score (nSPS) is 28.8. The second-order valence-electron chi connectivity index (χ2n) is 5.89. The number of hydrogen-bond acceptors (Lipinski definition) is 4. The monoisotopic (exact) mass is 293 g/mol. The lowest BCUT2D eigenvalue weighted by Gasteiger charge is -2.33. The molecule has 0 spiro atoms. The second-order valence-corrected chi connectivity index (χ2v) is 5.89. The summed E-state index contributed by atoms with van der Waals surface area (Å²) in [7, 11) is 3.97. The van der Waals surface area contributed by atoms with Crippen molar-refractivity contribution in [3.63, 3.8) is 0 Å². The molecule has 0 radical (unpaired) electrons. The predicted molar refractivity (Wildman–Crippen MR) is 75.5 cm³/mol. The van der Waals surface area contributed by atoms with Crippen LogP contribution in [0.1, 0.15) is 23.2 Å². The summed E-state index contributed by atoms with van der Waals surface area (Å²) >= 11 is 0. The number of ether oxygens (including phenoxy) is 1. The van der Waals surface area contributed by atoms with E-state index in [-0.39, 0.29) is 29.7 Å². The van der Waals surface area contributed by atoms with Crippen molar-refractivity contribution in [3.05, 3.63) is 29.8 Å². The third-order valence-corrected chi connectivity index (χ3v) is 4.42.